The van der Waals surface area contributed by atoms with Crippen LogP contribution in [-0.2, 0) is 6.42 Å². The average molecular weight is 426 g/mol. The van der Waals surface area contributed by atoms with E-state index in [1.165, 1.54) is 12.1 Å². The topological polar surface area (TPSA) is 35.5 Å². The van der Waals surface area contributed by atoms with E-state index in [9.17, 15) is 9.18 Å². The van der Waals surface area contributed by atoms with E-state index in [2.05, 4.69) is 0 Å². The first kappa shape index (κ1) is 21.3. The first-order valence-corrected chi connectivity index (χ1v) is 10.5. The molecule has 0 aliphatic rings. The highest BCUT2D eigenvalue weighted by atomic mass is 19.1. The lowest BCUT2D eigenvalue weighted by Gasteiger charge is -2.22. The van der Waals surface area contributed by atoms with Crippen LogP contribution in [0, 0.1) is 5.82 Å². The molecule has 0 unspecified atom stereocenters. The largest absolute Gasteiger partial charge is 0.489 e. The molecule has 0 bridgehead atoms. The van der Waals surface area contributed by atoms with Crippen LogP contribution in [0.5, 0.6) is 11.5 Å². The highest BCUT2D eigenvalue weighted by Gasteiger charge is 2.18. The smallest absolute Gasteiger partial charge is 0.163 e. The summed E-state index contributed by atoms with van der Waals surface area (Å²) in [5.74, 6) is 0.781. The number of carbonyl (C=O) groups is 1. The van der Waals surface area contributed by atoms with Crippen molar-refractivity contribution in [3.8, 4) is 11.5 Å². The van der Waals surface area contributed by atoms with Gasteiger partial charge in [0.2, 0.25) is 0 Å². The zero-order valence-electron chi connectivity index (χ0n) is 17.5. The first-order valence-electron chi connectivity index (χ1n) is 10.5. The van der Waals surface area contributed by atoms with Crippen LogP contribution in [0.4, 0.5) is 4.39 Å². The molecule has 160 valence electrons. The van der Waals surface area contributed by atoms with Gasteiger partial charge in [0.25, 0.3) is 0 Å². The highest BCUT2D eigenvalue weighted by Crippen LogP contribution is 2.35. The number of hydrogen-bond donors (Lipinski definition) is 0. The lowest BCUT2D eigenvalue weighted by Crippen LogP contribution is -2.11. The van der Waals surface area contributed by atoms with Gasteiger partial charge in [-0.05, 0) is 47.0 Å². The molecule has 32 heavy (non-hydrogen) atoms. The Hall–Kier alpha value is -3.92. The molecule has 0 spiro atoms. The summed E-state index contributed by atoms with van der Waals surface area (Å²) in [5.41, 5.74) is 3.47. The molecule has 0 radical (unpaired) electrons. The van der Waals surface area contributed by atoms with E-state index in [-0.39, 0.29) is 11.9 Å². The normalized spacial score (nSPS) is 10.7. The monoisotopic (exact) mass is 426 g/mol. The first-order chi connectivity index (χ1) is 15.7. The average Bonchev–Trinajstić information content (AvgIpc) is 2.85. The minimum absolute atomic E-state index is 0.261. The molecule has 0 aliphatic heterocycles. The molecule has 0 aliphatic carbocycles. The lowest BCUT2D eigenvalue weighted by molar-refractivity contribution is 0.112. The quantitative estimate of drug-likeness (QED) is 0.289. The molecule has 0 saturated heterocycles. The molecule has 4 aromatic carbocycles. The summed E-state index contributed by atoms with van der Waals surface area (Å²) >= 11 is 0. The Bertz CT molecular complexity index is 1100. The van der Waals surface area contributed by atoms with E-state index in [0.29, 0.717) is 30.1 Å². The minimum Gasteiger partial charge on any atom is -0.489 e. The molecule has 0 atom stereocenters. The second-order valence-electron chi connectivity index (χ2n) is 7.37. The van der Waals surface area contributed by atoms with Gasteiger partial charge in [0.1, 0.15) is 18.2 Å². The van der Waals surface area contributed by atoms with Crippen LogP contribution in [0.1, 0.15) is 33.2 Å². The van der Waals surface area contributed by atoms with Crippen LogP contribution in [0.25, 0.3) is 0 Å². The number of carbonyl (C=O) groups excluding carboxylic acids is 1. The van der Waals surface area contributed by atoms with Crippen LogP contribution in [-0.4, -0.2) is 12.9 Å². The molecule has 4 rings (SSSR count). The fourth-order valence-electron chi connectivity index (χ4n) is 3.45. The van der Waals surface area contributed by atoms with Gasteiger partial charge in [-0.15, -0.1) is 0 Å². The summed E-state index contributed by atoms with van der Waals surface area (Å²) in [6.07, 6.45) is 1.05. The molecular weight excluding hydrogens is 403 g/mol. The van der Waals surface area contributed by atoms with Crippen molar-refractivity contribution in [3.05, 3.63) is 131 Å². The van der Waals surface area contributed by atoms with E-state index in [1.807, 2.05) is 60.7 Å². The van der Waals surface area contributed by atoms with Crippen molar-refractivity contribution in [1.29, 1.82) is 0 Å². The van der Waals surface area contributed by atoms with E-state index in [0.717, 1.165) is 23.0 Å². The maximum Gasteiger partial charge on any atom is 0.163 e. The van der Waals surface area contributed by atoms with Gasteiger partial charge in [0.15, 0.2) is 11.5 Å². The molecule has 3 nitrogen and oxygen atoms in total. The number of benzene rings is 4. The van der Waals surface area contributed by atoms with E-state index in [1.54, 1.807) is 30.3 Å². The summed E-state index contributed by atoms with van der Waals surface area (Å²) in [4.78, 5) is 11.4. The van der Waals surface area contributed by atoms with Crippen molar-refractivity contribution >= 4 is 6.29 Å². The summed E-state index contributed by atoms with van der Waals surface area (Å²) in [6.45, 7) is 0.393. The minimum atomic E-state index is -0.362. The van der Waals surface area contributed by atoms with Gasteiger partial charge >= 0.3 is 0 Å². The van der Waals surface area contributed by atoms with Crippen molar-refractivity contribution < 1.29 is 18.7 Å². The fourth-order valence-corrected chi connectivity index (χ4v) is 3.45. The number of ether oxygens (including phenoxy) is 2. The van der Waals surface area contributed by atoms with Crippen LogP contribution in [0.15, 0.2) is 103 Å². The summed E-state index contributed by atoms with van der Waals surface area (Å²) < 4.78 is 25.6. The third kappa shape index (κ3) is 5.41. The molecule has 4 heteroatoms. The Labute approximate surface area is 187 Å². The Morgan fingerprint density at radius 2 is 1.38 bits per heavy atom. The second kappa shape index (κ2) is 10.4. The summed E-state index contributed by atoms with van der Waals surface area (Å²) in [7, 11) is 0. The van der Waals surface area contributed by atoms with Crippen LogP contribution >= 0.6 is 0 Å². The number of rotatable bonds is 9. The number of hydrogen-bond acceptors (Lipinski definition) is 3. The van der Waals surface area contributed by atoms with E-state index in [4.69, 9.17) is 9.47 Å². The number of halogens is 1. The molecule has 0 amide bonds. The van der Waals surface area contributed by atoms with Gasteiger partial charge in [-0.3, -0.25) is 4.79 Å². The maximum absolute atomic E-state index is 13.1. The standard InChI is InChI=1S/C28H23FO3/c29-25-14-11-21(12-15-25)17-18-31-26-16-13-22(20-30)19-27(26)32-28(23-7-3-1-4-8-23)24-9-5-2-6-10-24/h1-16,19-20,28H,17-18H2. The SMILES string of the molecule is O=Cc1ccc(OCCc2ccc(F)cc2)c(OC(c2ccccc2)c2ccccc2)c1. The van der Waals surface area contributed by atoms with Crippen molar-refractivity contribution in [2.24, 2.45) is 0 Å². The maximum atomic E-state index is 13.1. The molecule has 4 aromatic rings. The third-order valence-electron chi connectivity index (χ3n) is 5.11. The fraction of sp³-hybridized carbons (Fsp3) is 0.107. The van der Waals surface area contributed by atoms with Crippen LogP contribution in [0.3, 0.4) is 0 Å². The molecule has 0 N–H and O–H groups in total. The second-order valence-corrected chi connectivity index (χ2v) is 7.37. The zero-order chi connectivity index (χ0) is 22.2. The van der Waals surface area contributed by atoms with E-state index >= 15 is 0 Å². The van der Waals surface area contributed by atoms with Crippen LogP contribution < -0.4 is 9.47 Å². The Balaban J connectivity index is 1.59. The van der Waals surface area contributed by atoms with Gasteiger partial charge in [0, 0.05) is 12.0 Å². The molecule has 0 fully saturated rings. The third-order valence-corrected chi connectivity index (χ3v) is 5.11. The summed E-state index contributed by atoms with van der Waals surface area (Å²) in [6, 6.07) is 31.3. The van der Waals surface area contributed by atoms with Crippen molar-refractivity contribution in [2.75, 3.05) is 6.61 Å². The number of aldehydes is 1. The van der Waals surface area contributed by atoms with Crippen molar-refractivity contribution in [2.45, 2.75) is 12.5 Å². The Morgan fingerprint density at radius 1 is 0.750 bits per heavy atom. The van der Waals surface area contributed by atoms with Gasteiger partial charge in [0.05, 0.1) is 6.61 Å². The van der Waals surface area contributed by atoms with E-state index < -0.39 is 0 Å². The summed E-state index contributed by atoms with van der Waals surface area (Å²) in [5, 5.41) is 0. The molecule has 0 saturated carbocycles. The molecule has 0 aromatic heterocycles. The Morgan fingerprint density at radius 3 is 1.97 bits per heavy atom. The predicted octanol–water partition coefficient (Wildman–Crippen LogP) is 6.43. The Kier molecular flexibility index (Phi) is 6.93. The van der Waals surface area contributed by atoms with Crippen molar-refractivity contribution in [1.82, 2.24) is 0 Å². The zero-order valence-corrected chi connectivity index (χ0v) is 17.5. The van der Waals surface area contributed by atoms with Crippen molar-refractivity contribution in [3.63, 3.8) is 0 Å². The predicted molar refractivity (Wildman–Crippen MR) is 123 cm³/mol. The van der Waals surface area contributed by atoms with Gasteiger partial charge < -0.3 is 9.47 Å². The molecule has 0 heterocycles. The lowest BCUT2D eigenvalue weighted by atomic mass is 10.0. The van der Waals surface area contributed by atoms with Crippen LogP contribution in [0.2, 0.25) is 0 Å². The van der Waals surface area contributed by atoms with Gasteiger partial charge in [-0.2, -0.15) is 0 Å². The highest BCUT2D eigenvalue weighted by molar-refractivity contribution is 5.76. The van der Waals surface area contributed by atoms with Gasteiger partial charge in [-0.25, -0.2) is 4.39 Å². The molecular formula is C28H23FO3. The van der Waals surface area contributed by atoms with Gasteiger partial charge in [-0.1, -0.05) is 72.8 Å².